The van der Waals surface area contributed by atoms with Gasteiger partial charge in [0.25, 0.3) is 0 Å². The van der Waals surface area contributed by atoms with E-state index in [0.717, 1.165) is 36.0 Å². The van der Waals surface area contributed by atoms with E-state index >= 15 is 0 Å². The van der Waals surface area contributed by atoms with E-state index in [-0.39, 0.29) is 5.82 Å². The van der Waals surface area contributed by atoms with Gasteiger partial charge in [-0.3, -0.25) is 0 Å². The number of benzene rings is 1. The molecule has 1 N–H and O–H groups in total. The number of halogens is 2. The van der Waals surface area contributed by atoms with Crippen molar-refractivity contribution in [3.8, 4) is 0 Å². The van der Waals surface area contributed by atoms with Gasteiger partial charge in [0.15, 0.2) is 0 Å². The Labute approximate surface area is 110 Å². The molecule has 0 aliphatic carbocycles. The molecule has 0 atom stereocenters. The van der Waals surface area contributed by atoms with Gasteiger partial charge in [-0.25, -0.2) is 4.39 Å². The van der Waals surface area contributed by atoms with Crippen molar-refractivity contribution < 1.29 is 9.50 Å². The molecule has 2 rings (SSSR count). The highest BCUT2D eigenvalue weighted by Gasteiger charge is 2.31. The molecule has 0 amide bonds. The average molecular weight is 302 g/mol. The van der Waals surface area contributed by atoms with Crippen LogP contribution in [0.5, 0.6) is 0 Å². The Kier molecular flexibility index (Phi) is 3.85. The normalized spacial score (nSPS) is 20.5. The molecule has 0 bridgehead atoms. The Morgan fingerprint density at radius 2 is 2.06 bits per heavy atom. The second-order valence-corrected chi connectivity index (χ2v) is 5.79. The summed E-state index contributed by atoms with van der Waals surface area (Å²) in [4.78, 5) is 2.20. The van der Waals surface area contributed by atoms with Crippen molar-refractivity contribution in [3.63, 3.8) is 0 Å². The van der Waals surface area contributed by atoms with Crippen LogP contribution >= 0.6 is 15.9 Å². The molecule has 94 valence electrons. The van der Waals surface area contributed by atoms with Crippen molar-refractivity contribution in [1.29, 1.82) is 0 Å². The van der Waals surface area contributed by atoms with E-state index in [9.17, 15) is 9.50 Å². The lowest BCUT2D eigenvalue weighted by molar-refractivity contribution is -0.0151. The number of rotatable bonds is 2. The summed E-state index contributed by atoms with van der Waals surface area (Å²) in [6.45, 7) is 1.78. The molecule has 1 aromatic carbocycles. The summed E-state index contributed by atoms with van der Waals surface area (Å²) in [5, 5.41) is 10.5. The molecule has 1 heterocycles. The van der Waals surface area contributed by atoms with Gasteiger partial charge in [0, 0.05) is 24.0 Å². The van der Waals surface area contributed by atoms with Crippen LogP contribution in [-0.4, -0.2) is 35.7 Å². The molecular formula is C13H17BrFNO. The van der Waals surface area contributed by atoms with Crippen LogP contribution in [0.2, 0.25) is 0 Å². The molecule has 2 nitrogen and oxygen atoms in total. The second kappa shape index (κ2) is 5.04. The Morgan fingerprint density at radius 1 is 1.41 bits per heavy atom. The van der Waals surface area contributed by atoms with Crippen LogP contribution in [0.15, 0.2) is 22.7 Å². The minimum absolute atomic E-state index is 0.250. The van der Waals surface area contributed by atoms with E-state index < -0.39 is 5.60 Å². The lowest BCUT2D eigenvalue weighted by Gasteiger charge is -2.36. The minimum Gasteiger partial charge on any atom is -0.389 e. The maximum absolute atomic E-state index is 13.2. The summed E-state index contributed by atoms with van der Waals surface area (Å²) in [5.74, 6) is -0.250. The second-order valence-electron chi connectivity index (χ2n) is 4.94. The monoisotopic (exact) mass is 301 g/mol. The highest BCUT2D eigenvalue weighted by atomic mass is 79.9. The van der Waals surface area contributed by atoms with Crippen LogP contribution in [0, 0.1) is 5.82 Å². The van der Waals surface area contributed by atoms with Crippen molar-refractivity contribution in [2.75, 3.05) is 20.1 Å². The maximum atomic E-state index is 13.2. The molecule has 1 saturated heterocycles. The summed E-state index contributed by atoms with van der Waals surface area (Å²) < 4.78 is 14.0. The zero-order valence-electron chi connectivity index (χ0n) is 9.92. The molecule has 1 fully saturated rings. The molecule has 4 heteroatoms. The van der Waals surface area contributed by atoms with Gasteiger partial charge < -0.3 is 10.0 Å². The van der Waals surface area contributed by atoms with Crippen molar-refractivity contribution in [2.45, 2.75) is 24.9 Å². The number of nitrogens with zero attached hydrogens (tertiary/aromatic N) is 1. The van der Waals surface area contributed by atoms with Gasteiger partial charge in [0.1, 0.15) is 5.82 Å². The van der Waals surface area contributed by atoms with Gasteiger partial charge >= 0.3 is 0 Å². The standard InChI is InChI=1S/C13H17BrFNO/c1-16-6-4-13(17,5-7-16)9-10-8-11(15)2-3-12(10)14/h2-3,8,17H,4-7,9H2,1H3. The lowest BCUT2D eigenvalue weighted by Crippen LogP contribution is -2.44. The van der Waals surface area contributed by atoms with E-state index in [1.54, 1.807) is 6.07 Å². The van der Waals surface area contributed by atoms with Crippen molar-refractivity contribution in [2.24, 2.45) is 0 Å². The fourth-order valence-corrected chi connectivity index (χ4v) is 2.63. The zero-order valence-corrected chi connectivity index (χ0v) is 11.5. The number of aliphatic hydroxyl groups is 1. The molecule has 0 radical (unpaired) electrons. The Morgan fingerprint density at radius 3 is 2.71 bits per heavy atom. The number of hydrogen-bond acceptors (Lipinski definition) is 2. The zero-order chi connectivity index (χ0) is 12.5. The lowest BCUT2D eigenvalue weighted by atomic mass is 9.85. The third kappa shape index (κ3) is 3.27. The van der Waals surface area contributed by atoms with Crippen LogP contribution < -0.4 is 0 Å². The minimum atomic E-state index is -0.692. The van der Waals surface area contributed by atoms with E-state index in [1.807, 2.05) is 0 Å². The molecule has 1 aliphatic rings. The first-order valence-corrected chi connectivity index (χ1v) is 6.63. The molecule has 0 spiro atoms. The Hall–Kier alpha value is -0.450. The predicted molar refractivity (Wildman–Crippen MR) is 69.5 cm³/mol. The summed E-state index contributed by atoms with van der Waals surface area (Å²) in [5.41, 5.74) is 0.153. The van der Waals surface area contributed by atoms with E-state index in [2.05, 4.69) is 27.9 Å². The van der Waals surface area contributed by atoms with E-state index in [4.69, 9.17) is 0 Å². The number of piperidine rings is 1. The molecular weight excluding hydrogens is 285 g/mol. The molecule has 0 saturated carbocycles. The molecule has 0 aromatic heterocycles. The number of hydrogen-bond donors (Lipinski definition) is 1. The van der Waals surface area contributed by atoms with Crippen molar-refractivity contribution in [3.05, 3.63) is 34.1 Å². The molecule has 1 aromatic rings. The number of likely N-dealkylation sites (tertiary alicyclic amines) is 1. The molecule has 17 heavy (non-hydrogen) atoms. The third-order valence-corrected chi connectivity index (χ3v) is 4.22. The first-order valence-electron chi connectivity index (χ1n) is 5.83. The van der Waals surface area contributed by atoms with Gasteiger partial charge in [-0.05, 0) is 43.7 Å². The first kappa shape index (κ1) is 13.0. The van der Waals surface area contributed by atoms with Gasteiger partial charge in [-0.2, -0.15) is 0 Å². The largest absolute Gasteiger partial charge is 0.389 e. The van der Waals surface area contributed by atoms with Crippen LogP contribution in [0.1, 0.15) is 18.4 Å². The highest BCUT2D eigenvalue weighted by Crippen LogP contribution is 2.29. The van der Waals surface area contributed by atoms with Crippen LogP contribution in [0.4, 0.5) is 4.39 Å². The maximum Gasteiger partial charge on any atom is 0.123 e. The van der Waals surface area contributed by atoms with Crippen LogP contribution in [-0.2, 0) is 6.42 Å². The summed E-state index contributed by atoms with van der Waals surface area (Å²) in [6.07, 6.45) is 2.00. The Bertz CT molecular complexity index is 402. The fourth-order valence-electron chi connectivity index (χ4n) is 2.24. The van der Waals surface area contributed by atoms with E-state index in [0.29, 0.717) is 6.42 Å². The molecule has 0 unspecified atom stereocenters. The topological polar surface area (TPSA) is 23.5 Å². The molecule has 1 aliphatic heterocycles. The first-order chi connectivity index (χ1) is 7.98. The fraction of sp³-hybridized carbons (Fsp3) is 0.538. The SMILES string of the molecule is CN1CCC(O)(Cc2cc(F)ccc2Br)CC1. The summed E-state index contributed by atoms with van der Waals surface area (Å²) in [6, 6.07) is 4.62. The van der Waals surface area contributed by atoms with Gasteiger partial charge in [-0.1, -0.05) is 15.9 Å². The van der Waals surface area contributed by atoms with Gasteiger partial charge in [0.2, 0.25) is 0 Å². The van der Waals surface area contributed by atoms with Crippen LogP contribution in [0.25, 0.3) is 0 Å². The quantitative estimate of drug-likeness (QED) is 0.908. The van der Waals surface area contributed by atoms with E-state index in [1.165, 1.54) is 12.1 Å². The smallest absolute Gasteiger partial charge is 0.123 e. The summed E-state index contributed by atoms with van der Waals surface area (Å²) in [7, 11) is 2.05. The van der Waals surface area contributed by atoms with Crippen molar-refractivity contribution in [1.82, 2.24) is 4.90 Å². The third-order valence-electron chi connectivity index (χ3n) is 3.45. The predicted octanol–water partition coefficient (Wildman–Crippen LogP) is 2.59. The Balaban J connectivity index is 2.12. The summed E-state index contributed by atoms with van der Waals surface area (Å²) >= 11 is 3.41. The average Bonchev–Trinajstić information content (AvgIpc) is 2.28. The van der Waals surface area contributed by atoms with Crippen LogP contribution in [0.3, 0.4) is 0 Å². The van der Waals surface area contributed by atoms with Gasteiger partial charge in [-0.15, -0.1) is 0 Å². The van der Waals surface area contributed by atoms with Gasteiger partial charge in [0.05, 0.1) is 5.60 Å². The highest BCUT2D eigenvalue weighted by molar-refractivity contribution is 9.10. The van der Waals surface area contributed by atoms with Crippen molar-refractivity contribution >= 4 is 15.9 Å².